The van der Waals surface area contributed by atoms with Gasteiger partial charge in [0.1, 0.15) is 11.5 Å². The van der Waals surface area contributed by atoms with Crippen LogP contribution in [0, 0.1) is 0 Å². The molecule has 0 saturated heterocycles. The molecule has 0 radical (unpaired) electrons. The number of ether oxygens (including phenoxy) is 1. The number of hydrogen-bond donors (Lipinski definition) is 1. The summed E-state index contributed by atoms with van der Waals surface area (Å²) in [5.74, 6) is 0.170. The summed E-state index contributed by atoms with van der Waals surface area (Å²) in [6, 6.07) is 9.83. The van der Waals surface area contributed by atoms with Crippen LogP contribution >= 0.6 is 0 Å². The second-order valence-electron chi connectivity index (χ2n) is 5.82. The molecule has 0 aliphatic carbocycles. The Hall–Kier alpha value is -3.35. The van der Waals surface area contributed by atoms with Crippen LogP contribution in [0.5, 0.6) is 11.5 Å². The molecule has 0 spiro atoms. The number of aromatic nitrogens is 2. The number of carbonyl (C=O) groups excluding carboxylic acids is 1. The smallest absolute Gasteiger partial charge is 0.265 e. The van der Waals surface area contributed by atoms with Crippen LogP contribution in [-0.2, 0) is 6.42 Å². The van der Waals surface area contributed by atoms with Gasteiger partial charge in [0, 0.05) is 35.2 Å². The zero-order valence-corrected chi connectivity index (χ0v) is 14.5. The van der Waals surface area contributed by atoms with Gasteiger partial charge in [0.15, 0.2) is 0 Å². The van der Waals surface area contributed by atoms with Gasteiger partial charge >= 0.3 is 0 Å². The zero-order chi connectivity index (χ0) is 19.4. The van der Waals surface area contributed by atoms with E-state index in [4.69, 9.17) is 10.5 Å². The van der Waals surface area contributed by atoms with Crippen molar-refractivity contribution in [3.05, 3.63) is 71.7 Å². The van der Waals surface area contributed by atoms with Crippen LogP contribution in [0.15, 0.2) is 55.0 Å². The Morgan fingerprint density at radius 1 is 1.15 bits per heavy atom. The number of halogens is 2. The third-order valence-electron chi connectivity index (χ3n) is 4.00. The van der Waals surface area contributed by atoms with Gasteiger partial charge in [-0.05, 0) is 36.2 Å². The minimum atomic E-state index is -2.62. The molecule has 7 heteroatoms. The zero-order valence-electron chi connectivity index (χ0n) is 14.5. The normalized spacial score (nSPS) is 10.8. The highest BCUT2D eigenvalue weighted by Crippen LogP contribution is 2.28. The lowest BCUT2D eigenvalue weighted by Gasteiger charge is -2.10. The summed E-state index contributed by atoms with van der Waals surface area (Å²) in [5, 5.41) is 0. The first-order chi connectivity index (χ1) is 13.0. The third-order valence-corrected chi connectivity index (χ3v) is 4.00. The summed E-state index contributed by atoms with van der Waals surface area (Å²) in [4.78, 5) is 19.6. The van der Waals surface area contributed by atoms with Gasteiger partial charge < -0.3 is 10.5 Å². The Kier molecular flexibility index (Phi) is 5.40. The maximum Gasteiger partial charge on any atom is 0.265 e. The molecule has 5 nitrogen and oxygen atoms in total. The number of carbonyl (C=O) groups is 1. The summed E-state index contributed by atoms with van der Waals surface area (Å²) < 4.78 is 31.2. The van der Waals surface area contributed by atoms with Gasteiger partial charge in [-0.15, -0.1) is 0 Å². The molecule has 2 N–H and O–H groups in total. The van der Waals surface area contributed by atoms with Crippen molar-refractivity contribution in [1.82, 2.24) is 9.97 Å². The number of amides is 1. The average Bonchev–Trinajstić information content (AvgIpc) is 2.67. The highest BCUT2D eigenvalue weighted by Gasteiger charge is 2.11. The standard InChI is InChI=1S/C20H17F2N3O2/c1-2-12-7-13(3-4-17(12)20(23)26)18-9-15(5-6-25-18)27-16-8-14(19(21)22)10-24-11-16/h3-11,19H,2H2,1H3,(H2,23,26). The number of hydrogen-bond acceptors (Lipinski definition) is 4. The van der Waals surface area contributed by atoms with Crippen molar-refractivity contribution in [2.75, 3.05) is 0 Å². The van der Waals surface area contributed by atoms with Crippen LogP contribution in [0.1, 0.15) is 34.8 Å². The molecule has 0 atom stereocenters. The number of benzene rings is 1. The lowest BCUT2D eigenvalue weighted by atomic mass is 9.99. The lowest BCUT2D eigenvalue weighted by Crippen LogP contribution is -2.13. The first-order valence-corrected chi connectivity index (χ1v) is 8.28. The van der Waals surface area contributed by atoms with E-state index < -0.39 is 12.3 Å². The molecule has 27 heavy (non-hydrogen) atoms. The van der Waals surface area contributed by atoms with Gasteiger partial charge in [-0.2, -0.15) is 0 Å². The number of nitrogens with two attached hydrogens (primary N) is 1. The molecule has 2 heterocycles. The largest absolute Gasteiger partial charge is 0.456 e. The van der Waals surface area contributed by atoms with E-state index in [0.29, 0.717) is 23.4 Å². The lowest BCUT2D eigenvalue weighted by molar-refractivity contribution is 0.0999. The summed E-state index contributed by atoms with van der Waals surface area (Å²) in [5.41, 5.74) is 7.89. The average molecular weight is 369 g/mol. The summed E-state index contributed by atoms with van der Waals surface area (Å²) >= 11 is 0. The Morgan fingerprint density at radius 2 is 1.96 bits per heavy atom. The van der Waals surface area contributed by atoms with Gasteiger partial charge in [0.25, 0.3) is 6.43 Å². The number of aryl methyl sites for hydroxylation is 1. The molecule has 2 aromatic heterocycles. The Labute approximate surface area is 154 Å². The van der Waals surface area contributed by atoms with Crippen LogP contribution < -0.4 is 10.5 Å². The summed E-state index contributed by atoms with van der Waals surface area (Å²) in [6.07, 6.45) is 2.05. The van der Waals surface area contributed by atoms with Crippen molar-refractivity contribution in [3.8, 4) is 22.8 Å². The number of primary amides is 1. The highest BCUT2D eigenvalue weighted by atomic mass is 19.3. The number of alkyl halides is 2. The Morgan fingerprint density at radius 3 is 2.67 bits per heavy atom. The molecule has 1 aromatic carbocycles. The summed E-state index contributed by atoms with van der Waals surface area (Å²) in [6.45, 7) is 1.93. The maximum absolute atomic E-state index is 12.8. The predicted molar refractivity (Wildman–Crippen MR) is 96.8 cm³/mol. The molecule has 3 rings (SSSR count). The van der Waals surface area contributed by atoms with Gasteiger partial charge in [-0.25, -0.2) is 8.78 Å². The third kappa shape index (κ3) is 4.25. The van der Waals surface area contributed by atoms with E-state index in [-0.39, 0.29) is 11.3 Å². The van der Waals surface area contributed by atoms with Gasteiger partial charge in [-0.3, -0.25) is 14.8 Å². The van der Waals surface area contributed by atoms with E-state index in [1.54, 1.807) is 30.5 Å². The van der Waals surface area contributed by atoms with Crippen molar-refractivity contribution in [2.45, 2.75) is 19.8 Å². The molecule has 0 bridgehead atoms. The van der Waals surface area contributed by atoms with Gasteiger partial charge in [0.05, 0.1) is 11.9 Å². The SMILES string of the molecule is CCc1cc(-c2cc(Oc3cncc(C(F)F)c3)ccn2)ccc1C(N)=O. The first-order valence-electron chi connectivity index (χ1n) is 8.28. The molecule has 0 saturated carbocycles. The molecule has 0 unspecified atom stereocenters. The van der Waals surface area contributed by atoms with Crippen molar-refractivity contribution < 1.29 is 18.3 Å². The molecule has 0 aliphatic heterocycles. The van der Waals surface area contributed by atoms with Crippen molar-refractivity contribution in [3.63, 3.8) is 0 Å². The van der Waals surface area contributed by atoms with Crippen LogP contribution in [0.3, 0.4) is 0 Å². The highest BCUT2D eigenvalue weighted by molar-refractivity contribution is 5.95. The van der Waals surface area contributed by atoms with Crippen molar-refractivity contribution >= 4 is 5.91 Å². The minimum Gasteiger partial charge on any atom is -0.456 e. The maximum atomic E-state index is 12.8. The fourth-order valence-corrected chi connectivity index (χ4v) is 2.67. The van der Waals surface area contributed by atoms with Crippen LogP contribution in [0.4, 0.5) is 8.78 Å². The summed E-state index contributed by atoms with van der Waals surface area (Å²) in [7, 11) is 0. The second kappa shape index (κ2) is 7.90. The van der Waals surface area contributed by atoms with E-state index in [0.717, 1.165) is 17.3 Å². The minimum absolute atomic E-state index is 0.211. The van der Waals surface area contributed by atoms with Crippen LogP contribution in [0.2, 0.25) is 0 Å². The van der Waals surface area contributed by atoms with E-state index in [2.05, 4.69) is 9.97 Å². The first kappa shape index (κ1) is 18.4. The van der Waals surface area contributed by atoms with Crippen LogP contribution in [0.25, 0.3) is 11.3 Å². The number of pyridine rings is 2. The van der Waals surface area contributed by atoms with E-state index in [1.807, 2.05) is 13.0 Å². The Balaban J connectivity index is 1.90. The van der Waals surface area contributed by atoms with E-state index >= 15 is 0 Å². The molecular weight excluding hydrogens is 352 g/mol. The Bertz CT molecular complexity index is 977. The fraction of sp³-hybridized carbons (Fsp3) is 0.150. The molecule has 138 valence electrons. The van der Waals surface area contributed by atoms with Crippen molar-refractivity contribution in [1.29, 1.82) is 0 Å². The molecule has 0 aliphatic rings. The fourth-order valence-electron chi connectivity index (χ4n) is 2.67. The van der Waals surface area contributed by atoms with E-state index in [1.165, 1.54) is 12.3 Å². The molecular formula is C20H17F2N3O2. The predicted octanol–water partition coefficient (Wildman–Crippen LogP) is 4.53. The van der Waals surface area contributed by atoms with Crippen LogP contribution in [-0.4, -0.2) is 15.9 Å². The van der Waals surface area contributed by atoms with Crippen molar-refractivity contribution in [2.24, 2.45) is 5.73 Å². The number of rotatable bonds is 6. The second-order valence-corrected chi connectivity index (χ2v) is 5.82. The monoisotopic (exact) mass is 369 g/mol. The van der Waals surface area contributed by atoms with E-state index in [9.17, 15) is 13.6 Å². The topological polar surface area (TPSA) is 78.1 Å². The van der Waals surface area contributed by atoms with Gasteiger partial charge in [0.2, 0.25) is 5.91 Å². The molecule has 3 aromatic rings. The molecule has 0 fully saturated rings. The van der Waals surface area contributed by atoms with Gasteiger partial charge in [-0.1, -0.05) is 13.0 Å². The quantitative estimate of drug-likeness (QED) is 0.692. The molecule has 1 amide bonds. The number of nitrogens with zero attached hydrogens (tertiary/aromatic N) is 2.